The van der Waals surface area contributed by atoms with E-state index in [9.17, 15) is 4.79 Å². The van der Waals surface area contributed by atoms with Gasteiger partial charge in [0.15, 0.2) is 0 Å². The number of hydrogen-bond donors (Lipinski definition) is 1. The van der Waals surface area contributed by atoms with E-state index in [1.807, 2.05) is 25.5 Å². The Kier molecular flexibility index (Phi) is 4.84. The van der Waals surface area contributed by atoms with Crippen LogP contribution in [0.5, 0.6) is 5.75 Å². The summed E-state index contributed by atoms with van der Waals surface area (Å²) < 4.78 is 7.70. The summed E-state index contributed by atoms with van der Waals surface area (Å²) in [7, 11) is 1.88. The van der Waals surface area contributed by atoms with E-state index < -0.39 is 0 Å². The molecule has 1 aliphatic heterocycles. The Balaban J connectivity index is 1.62. The number of fused-ring (bicyclic) bond motifs is 1. The summed E-state index contributed by atoms with van der Waals surface area (Å²) in [6.07, 6.45) is 6.72. The molecule has 0 saturated carbocycles. The van der Waals surface area contributed by atoms with Crippen molar-refractivity contribution in [2.75, 3.05) is 0 Å². The Morgan fingerprint density at radius 1 is 1.44 bits per heavy atom. The van der Waals surface area contributed by atoms with E-state index in [0.29, 0.717) is 12.8 Å². The lowest BCUT2D eigenvalue weighted by atomic mass is 9.97. The van der Waals surface area contributed by atoms with E-state index in [-0.39, 0.29) is 17.6 Å². The molecule has 1 aromatic heterocycles. The van der Waals surface area contributed by atoms with Gasteiger partial charge in [-0.2, -0.15) is 5.10 Å². The lowest BCUT2D eigenvalue weighted by Crippen LogP contribution is -2.28. The first-order valence-corrected chi connectivity index (χ1v) is 8.95. The molecule has 2 heterocycles. The first-order chi connectivity index (χ1) is 11.9. The average Bonchev–Trinajstić information content (AvgIpc) is 3.10. The summed E-state index contributed by atoms with van der Waals surface area (Å²) in [5.74, 6) is 1.04. The maximum absolute atomic E-state index is 12.3. The first-order valence-electron chi connectivity index (χ1n) is 8.95. The number of nitrogens with one attached hydrogen (secondary N) is 1. The number of nitrogens with zero attached hydrogens (tertiary/aromatic N) is 2. The summed E-state index contributed by atoms with van der Waals surface area (Å²) >= 11 is 0. The Labute approximate surface area is 149 Å². The number of carbonyl (C=O) groups is 1. The number of carbonyl (C=O) groups excluding carboxylic acids is 1. The molecule has 0 aliphatic carbocycles. The van der Waals surface area contributed by atoms with E-state index >= 15 is 0 Å². The monoisotopic (exact) mass is 341 g/mol. The number of aromatic nitrogens is 2. The molecule has 0 spiro atoms. The fraction of sp³-hybridized carbons (Fsp3) is 0.500. The molecule has 5 nitrogen and oxygen atoms in total. The van der Waals surface area contributed by atoms with Gasteiger partial charge in [0.05, 0.1) is 12.2 Å². The molecule has 0 radical (unpaired) electrons. The van der Waals surface area contributed by atoms with Crippen LogP contribution in [0.3, 0.4) is 0 Å². The van der Waals surface area contributed by atoms with Gasteiger partial charge in [0.1, 0.15) is 11.4 Å². The van der Waals surface area contributed by atoms with Crippen LogP contribution in [-0.2, 0) is 24.7 Å². The van der Waals surface area contributed by atoms with Gasteiger partial charge in [0.2, 0.25) is 5.91 Å². The van der Waals surface area contributed by atoms with Gasteiger partial charge in [0, 0.05) is 26.1 Å². The van der Waals surface area contributed by atoms with Gasteiger partial charge < -0.3 is 10.1 Å². The van der Waals surface area contributed by atoms with Gasteiger partial charge >= 0.3 is 0 Å². The minimum absolute atomic E-state index is 0.0374. The van der Waals surface area contributed by atoms with Crippen LogP contribution in [0.4, 0.5) is 0 Å². The number of aryl methyl sites for hydroxylation is 2. The van der Waals surface area contributed by atoms with Gasteiger partial charge in [-0.05, 0) is 55.5 Å². The van der Waals surface area contributed by atoms with Crippen LogP contribution in [0.1, 0.15) is 56.3 Å². The maximum atomic E-state index is 12.3. The summed E-state index contributed by atoms with van der Waals surface area (Å²) in [4.78, 5) is 12.3. The predicted molar refractivity (Wildman–Crippen MR) is 97.6 cm³/mol. The second-order valence-electron chi connectivity index (χ2n) is 7.46. The number of hydrogen-bond acceptors (Lipinski definition) is 3. The van der Waals surface area contributed by atoms with Gasteiger partial charge in [-0.3, -0.25) is 9.48 Å². The van der Waals surface area contributed by atoms with Crippen LogP contribution in [0.2, 0.25) is 0 Å². The molecule has 1 N–H and O–H groups in total. The van der Waals surface area contributed by atoms with E-state index in [1.54, 1.807) is 4.68 Å². The fourth-order valence-electron chi connectivity index (χ4n) is 3.39. The zero-order chi connectivity index (χ0) is 18.0. The molecule has 1 aromatic carbocycles. The maximum Gasteiger partial charge on any atom is 0.220 e. The number of ether oxygens (including phenoxy) is 1. The first kappa shape index (κ1) is 17.5. The van der Waals surface area contributed by atoms with Gasteiger partial charge in [-0.1, -0.05) is 13.0 Å². The van der Waals surface area contributed by atoms with Crippen LogP contribution in [0, 0.1) is 0 Å². The molecular formula is C20H27N3O2. The minimum atomic E-state index is -0.143. The average molecular weight is 341 g/mol. The molecule has 5 heteroatoms. The Morgan fingerprint density at radius 3 is 2.92 bits per heavy atom. The van der Waals surface area contributed by atoms with Gasteiger partial charge in [0.25, 0.3) is 0 Å². The van der Waals surface area contributed by atoms with E-state index in [1.165, 1.54) is 5.56 Å². The highest BCUT2D eigenvalue weighted by atomic mass is 16.5. The third-order valence-corrected chi connectivity index (χ3v) is 4.63. The van der Waals surface area contributed by atoms with Crippen molar-refractivity contribution in [3.05, 3.63) is 47.3 Å². The predicted octanol–water partition coefficient (Wildman–Crippen LogP) is 3.33. The number of amides is 1. The van der Waals surface area contributed by atoms with Crippen molar-refractivity contribution in [3.63, 3.8) is 0 Å². The van der Waals surface area contributed by atoms with Crippen molar-refractivity contribution in [3.8, 4) is 5.75 Å². The van der Waals surface area contributed by atoms with Crippen molar-refractivity contribution in [2.45, 2.75) is 58.1 Å². The van der Waals surface area contributed by atoms with Crippen molar-refractivity contribution in [1.82, 2.24) is 15.1 Å². The summed E-state index contributed by atoms with van der Waals surface area (Å²) in [6.45, 7) is 6.30. The topological polar surface area (TPSA) is 56.2 Å². The third-order valence-electron chi connectivity index (χ3n) is 4.63. The molecule has 3 rings (SSSR count). The van der Waals surface area contributed by atoms with E-state index in [4.69, 9.17) is 4.74 Å². The molecule has 1 aliphatic rings. The SMILES string of the molecule is CCC(NC(=O)CCc1cnn(C)c1)c1ccc2c(c1)CC(C)(C)O2. The summed E-state index contributed by atoms with van der Waals surface area (Å²) in [5, 5.41) is 7.30. The van der Waals surface area contributed by atoms with Crippen molar-refractivity contribution in [1.29, 1.82) is 0 Å². The highest BCUT2D eigenvalue weighted by molar-refractivity contribution is 5.76. The second-order valence-corrected chi connectivity index (χ2v) is 7.46. The summed E-state index contributed by atoms with van der Waals surface area (Å²) in [6, 6.07) is 6.31. The molecule has 1 amide bonds. The van der Waals surface area contributed by atoms with E-state index in [0.717, 1.165) is 29.7 Å². The Bertz CT molecular complexity index is 764. The van der Waals surface area contributed by atoms with Gasteiger partial charge in [-0.15, -0.1) is 0 Å². The molecule has 1 unspecified atom stereocenters. The van der Waals surface area contributed by atoms with Crippen LogP contribution in [-0.4, -0.2) is 21.3 Å². The largest absolute Gasteiger partial charge is 0.487 e. The zero-order valence-corrected chi connectivity index (χ0v) is 15.5. The number of benzene rings is 1. The highest BCUT2D eigenvalue weighted by Gasteiger charge is 2.30. The second kappa shape index (κ2) is 6.90. The van der Waals surface area contributed by atoms with Crippen molar-refractivity contribution >= 4 is 5.91 Å². The summed E-state index contributed by atoms with van der Waals surface area (Å²) in [5.41, 5.74) is 3.32. The lowest BCUT2D eigenvalue weighted by molar-refractivity contribution is -0.121. The fourth-order valence-corrected chi connectivity index (χ4v) is 3.39. The molecule has 0 bridgehead atoms. The van der Waals surface area contributed by atoms with Crippen LogP contribution < -0.4 is 10.1 Å². The Hall–Kier alpha value is -2.30. The quantitative estimate of drug-likeness (QED) is 0.877. The van der Waals surface area contributed by atoms with Crippen LogP contribution in [0.15, 0.2) is 30.6 Å². The standard InChI is InChI=1S/C20H27N3O2/c1-5-17(22-19(24)9-6-14-12-21-23(4)13-14)15-7-8-18-16(10-15)11-20(2,3)25-18/h7-8,10,12-13,17H,5-6,9,11H2,1-4H3,(H,22,24). The molecule has 2 aromatic rings. The Morgan fingerprint density at radius 2 is 2.24 bits per heavy atom. The van der Waals surface area contributed by atoms with Gasteiger partial charge in [-0.25, -0.2) is 0 Å². The lowest BCUT2D eigenvalue weighted by Gasteiger charge is -2.18. The molecule has 0 fully saturated rings. The molecular weight excluding hydrogens is 314 g/mol. The van der Waals surface area contributed by atoms with Crippen LogP contribution in [0.25, 0.3) is 0 Å². The van der Waals surface area contributed by atoms with Crippen LogP contribution >= 0.6 is 0 Å². The van der Waals surface area contributed by atoms with E-state index in [2.05, 4.69) is 43.3 Å². The number of rotatable bonds is 6. The third kappa shape index (κ3) is 4.21. The van der Waals surface area contributed by atoms with Crippen molar-refractivity contribution < 1.29 is 9.53 Å². The zero-order valence-electron chi connectivity index (χ0n) is 15.5. The molecule has 134 valence electrons. The minimum Gasteiger partial charge on any atom is -0.487 e. The normalized spacial score (nSPS) is 16.2. The highest BCUT2D eigenvalue weighted by Crippen LogP contribution is 2.36. The molecule has 25 heavy (non-hydrogen) atoms. The molecule has 1 atom stereocenters. The van der Waals surface area contributed by atoms with Crippen molar-refractivity contribution in [2.24, 2.45) is 7.05 Å². The smallest absolute Gasteiger partial charge is 0.220 e. The molecule has 0 saturated heterocycles.